The normalized spacial score (nSPS) is 10.5. The minimum Gasteiger partial charge on any atom is -0.493 e. The second kappa shape index (κ2) is 7.36. The van der Waals surface area contributed by atoms with Gasteiger partial charge in [0.15, 0.2) is 11.5 Å². The SMILES string of the molecule is CCCOc1c(Br)cc(CNc2ccn(C)n2)cc1OC. The van der Waals surface area contributed by atoms with Crippen molar-refractivity contribution in [2.24, 2.45) is 7.05 Å². The maximum atomic E-state index is 5.72. The Kier molecular flexibility index (Phi) is 5.50. The Hall–Kier alpha value is -1.69. The minimum absolute atomic E-state index is 0.667. The van der Waals surface area contributed by atoms with E-state index in [0.29, 0.717) is 13.2 Å². The maximum absolute atomic E-state index is 5.72. The van der Waals surface area contributed by atoms with Crippen LogP contribution >= 0.6 is 15.9 Å². The van der Waals surface area contributed by atoms with Crippen molar-refractivity contribution in [2.45, 2.75) is 19.9 Å². The summed E-state index contributed by atoms with van der Waals surface area (Å²) in [6, 6.07) is 5.94. The van der Waals surface area contributed by atoms with Gasteiger partial charge in [-0.1, -0.05) is 6.92 Å². The van der Waals surface area contributed by atoms with Gasteiger partial charge in [0.1, 0.15) is 5.82 Å². The van der Waals surface area contributed by atoms with Gasteiger partial charge < -0.3 is 14.8 Å². The van der Waals surface area contributed by atoms with Crippen LogP contribution in [0.5, 0.6) is 11.5 Å². The van der Waals surface area contributed by atoms with Crippen molar-refractivity contribution in [3.63, 3.8) is 0 Å². The fourth-order valence-electron chi connectivity index (χ4n) is 1.92. The zero-order chi connectivity index (χ0) is 15.2. The number of rotatable bonds is 7. The molecule has 0 atom stereocenters. The standard InChI is InChI=1S/C15H20BrN3O2/c1-4-7-21-15-12(16)8-11(9-13(15)20-3)10-17-14-5-6-19(2)18-14/h5-6,8-9H,4,7,10H2,1-3H3,(H,17,18). The zero-order valence-corrected chi connectivity index (χ0v) is 14.1. The van der Waals surface area contributed by atoms with Crippen molar-refractivity contribution in [1.82, 2.24) is 9.78 Å². The highest BCUT2D eigenvalue weighted by Gasteiger charge is 2.11. The van der Waals surface area contributed by atoms with E-state index >= 15 is 0 Å². The Bertz CT molecular complexity index is 599. The molecule has 1 heterocycles. The highest BCUT2D eigenvalue weighted by atomic mass is 79.9. The summed E-state index contributed by atoms with van der Waals surface area (Å²) in [6.45, 7) is 3.41. The fraction of sp³-hybridized carbons (Fsp3) is 0.400. The van der Waals surface area contributed by atoms with Crippen LogP contribution in [-0.2, 0) is 13.6 Å². The van der Waals surface area contributed by atoms with E-state index in [4.69, 9.17) is 9.47 Å². The molecule has 0 bridgehead atoms. The third-order valence-corrected chi connectivity index (χ3v) is 3.52. The van der Waals surface area contributed by atoms with E-state index in [1.807, 2.05) is 31.4 Å². The predicted molar refractivity (Wildman–Crippen MR) is 87.0 cm³/mol. The zero-order valence-electron chi connectivity index (χ0n) is 12.5. The van der Waals surface area contributed by atoms with Crippen LogP contribution in [0.2, 0.25) is 0 Å². The molecule has 0 saturated carbocycles. The number of aryl methyl sites for hydroxylation is 1. The van der Waals surface area contributed by atoms with Gasteiger partial charge in [0, 0.05) is 25.9 Å². The van der Waals surface area contributed by atoms with E-state index in [2.05, 4.69) is 33.3 Å². The largest absolute Gasteiger partial charge is 0.493 e. The lowest BCUT2D eigenvalue weighted by atomic mass is 10.2. The highest BCUT2D eigenvalue weighted by molar-refractivity contribution is 9.10. The van der Waals surface area contributed by atoms with Crippen LogP contribution in [0.25, 0.3) is 0 Å². The van der Waals surface area contributed by atoms with E-state index < -0.39 is 0 Å². The van der Waals surface area contributed by atoms with Crippen LogP contribution in [0, 0.1) is 0 Å². The Balaban J connectivity index is 2.11. The number of aromatic nitrogens is 2. The van der Waals surface area contributed by atoms with Crippen LogP contribution in [0.3, 0.4) is 0 Å². The third kappa shape index (κ3) is 4.14. The van der Waals surface area contributed by atoms with Gasteiger partial charge in [-0.05, 0) is 40.0 Å². The van der Waals surface area contributed by atoms with Gasteiger partial charge in [-0.15, -0.1) is 0 Å². The van der Waals surface area contributed by atoms with Crippen LogP contribution < -0.4 is 14.8 Å². The van der Waals surface area contributed by atoms with Gasteiger partial charge >= 0.3 is 0 Å². The number of halogens is 1. The number of nitrogens with zero attached hydrogens (tertiary/aromatic N) is 2. The first-order valence-electron chi connectivity index (χ1n) is 6.86. The molecule has 114 valence electrons. The van der Waals surface area contributed by atoms with E-state index in [1.54, 1.807) is 11.8 Å². The van der Waals surface area contributed by atoms with Crippen molar-refractivity contribution in [3.8, 4) is 11.5 Å². The lowest BCUT2D eigenvalue weighted by molar-refractivity contribution is 0.292. The number of methoxy groups -OCH3 is 1. The number of ether oxygens (including phenoxy) is 2. The van der Waals surface area contributed by atoms with Crippen molar-refractivity contribution in [2.75, 3.05) is 19.0 Å². The van der Waals surface area contributed by atoms with E-state index in [1.165, 1.54) is 0 Å². The summed E-state index contributed by atoms with van der Waals surface area (Å²) in [5, 5.41) is 7.56. The number of benzene rings is 1. The molecule has 2 rings (SSSR count). The van der Waals surface area contributed by atoms with Crippen molar-refractivity contribution in [3.05, 3.63) is 34.4 Å². The molecular weight excluding hydrogens is 334 g/mol. The molecule has 21 heavy (non-hydrogen) atoms. The lowest BCUT2D eigenvalue weighted by Crippen LogP contribution is -2.03. The minimum atomic E-state index is 0.667. The summed E-state index contributed by atoms with van der Waals surface area (Å²) < 4.78 is 13.8. The first-order valence-corrected chi connectivity index (χ1v) is 7.66. The van der Waals surface area contributed by atoms with Crippen LogP contribution in [-0.4, -0.2) is 23.5 Å². The molecule has 5 nitrogen and oxygen atoms in total. The molecule has 1 N–H and O–H groups in total. The van der Waals surface area contributed by atoms with Gasteiger partial charge in [0.2, 0.25) is 0 Å². The monoisotopic (exact) mass is 353 g/mol. The number of hydrogen-bond donors (Lipinski definition) is 1. The van der Waals surface area contributed by atoms with Crippen molar-refractivity contribution in [1.29, 1.82) is 0 Å². The van der Waals surface area contributed by atoms with Gasteiger partial charge in [-0.2, -0.15) is 5.10 Å². The van der Waals surface area contributed by atoms with Gasteiger partial charge in [-0.3, -0.25) is 4.68 Å². The van der Waals surface area contributed by atoms with E-state index in [0.717, 1.165) is 33.8 Å². The molecular formula is C15H20BrN3O2. The Morgan fingerprint density at radius 2 is 2.19 bits per heavy atom. The molecule has 1 aromatic heterocycles. The van der Waals surface area contributed by atoms with Crippen LogP contribution in [0.1, 0.15) is 18.9 Å². The molecule has 0 amide bonds. The Morgan fingerprint density at radius 1 is 1.38 bits per heavy atom. The highest BCUT2D eigenvalue weighted by Crippen LogP contribution is 2.36. The molecule has 0 aliphatic rings. The molecule has 0 aliphatic carbocycles. The summed E-state index contributed by atoms with van der Waals surface area (Å²) in [5.74, 6) is 2.33. The van der Waals surface area contributed by atoms with Crippen molar-refractivity contribution < 1.29 is 9.47 Å². The van der Waals surface area contributed by atoms with Gasteiger partial charge in [0.25, 0.3) is 0 Å². The number of hydrogen-bond acceptors (Lipinski definition) is 4. The van der Waals surface area contributed by atoms with E-state index in [9.17, 15) is 0 Å². The number of nitrogens with one attached hydrogen (secondary N) is 1. The lowest BCUT2D eigenvalue weighted by Gasteiger charge is -2.14. The average molecular weight is 354 g/mol. The summed E-state index contributed by atoms with van der Waals surface area (Å²) in [6.07, 6.45) is 2.86. The van der Waals surface area contributed by atoms with Crippen LogP contribution in [0.4, 0.5) is 5.82 Å². The summed E-state index contributed by atoms with van der Waals surface area (Å²) in [7, 11) is 3.54. The smallest absolute Gasteiger partial charge is 0.175 e. The summed E-state index contributed by atoms with van der Waals surface area (Å²) in [5.41, 5.74) is 1.09. The fourth-order valence-corrected chi connectivity index (χ4v) is 2.53. The third-order valence-electron chi connectivity index (χ3n) is 2.93. The molecule has 0 radical (unpaired) electrons. The second-order valence-corrected chi connectivity index (χ2v) is 5.54. The number of anilines is 1. The summed E-state index contributed by atoms with van der Waals surface area (Å²) >= 11 is 3.55. The van der Waals surface area contributed by atoms with Crippen molar-refractivity contribution >= 4 is 21.7 Å². The quantitative estimate of drug-likeness (QED) is 0.826. The molecule has 0 spiro atoms. The molecule has 2 aromatic rings. The molecule has 0 unspecified atom stereocenters. The predicted octanol–water partition coefficient (Wildman–Crippen LogP) is 3.59. The Labute approximate surface area is 133 Å². The molecule has 6 heteroatoms. The van der Waals surface area contributed by atoms with E-state index in [-0.39, 0.29) is 0 Å². The molecule has 0 saturated heterocycles. The second-order valence-electron chi connectivity index (χ2n) is 4.69. The summed E-state index contributed by atoms with van der Waals surface area (Å²) in [4.78, 5) is 0. The first-order chi connectivity index (χ1) is 10.1. The molecule has 0 aliphatic heterocycles. The molecule has 0 fully saturated rings. The van der Waals surface area contributed by atoms with Gasteiger partial charge in [-0.25, -0.2) is 0 Å². The first kappa shape index (κ1) is 15.7. The average Bonchev–Trinajstić information content (AvgIpc) is 2.89. The Morgan fingerprint density at radius 3 is 2.81 bits per heavy atom. The maximum Gasteiger partial charge on any atom is 0.175 e. The van der Waals surface area contributed by atoms with Crippen LogP contribution in [0.15, 0.2) is 28.9 Å². The topological polar surface area (TPSA) is 48.3 Å². The van der Waals surface area contributed by atoms with Gasteiger partial charge in [0.05, 0.1) is 18.2 Å². The molecule has 1 aromatic carbocycles.